The highest BCUT2D eigenvalue weighted by Gasteiger charge is 2.50. The van der Waals surface area contributed by atoms with Gasteiger partial charge in [-0.25, -0.2) is 4.39 Å². The van der Waals surface area contributed by atoms with Crippen molar-refractivity contribution in [1.29, 1.82) is 0 Å². The summed E-state index contributed by atoms with van der Waals surface area (Å²) in [5.74, 6) is 0. The van der Waals surface area contributed by atoms with Gasteiger partial charge in [0.1, 0.15) is 0 Å². The van der Waals surface area contributed by atoms with Gasteiger partial charge in [0, 0.05) is 0 Å². The molecule has 0 atom stereocenters. The standard InChI is InChI=1S/C3H2F6O4S/c4-1-2(5,6)12-13-14(10,11)3(7,8)9/h1H2. The highest BCUT2D eigenvalue weighted by atomic mass is 32.2. The monoisotopic (exact) mass is 248 g/mol. The summed E-state index contributed by atoms with van der Waals surface area (Å²) in [6.45, 7) is -2.53. The molecule has 0 spiro atoms. The fraction of sp³-hybridized carbons (Fsp3) is 1.00. The lowest BCUT2D eigenvalue weighted by Gasteiger charge is -2.12. The fourth-order valence-corrected chi connectivity index (χ4v) is 0.422. The van der Waals surface area contributed by atoms with Crippen molar-refractivity contribution in [2.75, 3.05) is 6.67 Å². The van der Waals surface area contributed by atoms with Crippen LogP contribution in [0, 0.1) is 0 Å². The molecule has 0 fully saturated rings. The first-order chi connectivity index (χ1) is 6.02. The molecule has 0 aliphatic carbocycles. The van der Waals surface area contributed by atoms with Crippen LogP contribution >= 0.6 is 0 Å². The third kappa shape index (κ3) is 3.67. The van der Waals surface area contributed by atoms with Crippen LogP contribution in [0.4, 0.5) is 26.3 Å². The zero-order valence-corrected chi connectivity index (χ0v) is 6.83. The minimum Gasteiger partial charge on any atom is -0.241 e. The van der Waals surface area contributed by atoms with Gasteiger partial charge in [-0.15, -0.1) is 4.89 Å². The molecule has 0 amide bonds. The molecule has 0 rings (SSSR count). The van der Waals surface area contributed by atoms with Gasteiger partial charge in [-0.1, -0.05) is 4.33 Å². The van der Waals surface area contributed by atoms with Crippen LogP contribution in [-0.2, 0) is 19.3 Å². The highest BCUT2D eigenvalue weighted by molar-refractivity contribution is 7.87. The summed E-state index contributed by atoms with van der Waals surface area (Å²) in [7, 11) is -6.31. The molecule has 86 valence electrons. The summed E-state index contributed by atoms with van der Waals surface area (Å²) in [5, 5.41) is 0. The van der Waals surface area contributed by atoms with Crippen molar-refractivity contribution in [1.82, 2.24) is 0 Å². The molecule has 0 bridgehead atoms. The van der Waals surface area contributed by atoms with Gasteiger partial charge in [0.25, 0.3) is 0 Å². The lowest BCUT2D eigenvalue weighted by atomic mass is 10.7. The molecular weight excluding hydrogens is 246 g/mol. The summed E-state index contributed by atoms with van der Waals surface area (Å²) < 4.78 is 91.0. The van der Waals surface area contributed by atoms with Crippen molar-refractivity contribution in [2.45, 2.75) is 11.6 Å². The zero-order valence-electron chi connectivity index (χ0n) is 6.02. The number of hydrogen-bond acceptors (Lipinski definition) is 4. The van der Waals surface area contributed by atoms with Crippen LogP contribution in [0.2, 0.25) is 0 Å². The van der Waals surface area contributed by atoms with Gasteiger partial charge in [0.2, 0.25) is 0 Å². The summed E-state index contributed by atoms with van der Waals surface area (Å²) in [6, 6.07) is 0. The molecule has 0 heterocycles. The van der Waals surface area contributed by atoms with E-state index in [1.54, 1.807) is 0 Å². The predicted molar refractivity (Wildman–Crippen MR) is 28.1 cm³/mol. The number of rotatable bonds is 4. The Morgan fingerprint density at radius 3 is 1.79 bits per heavy atom. The van der Waals surface area contributed by atoms with Gasteiger partial charge in [0.05, 0.1) is 0 Å². The first kappa shape index (κ1) is 13.4. The van der Waals surface area contributed by atoms with E-state index in [9.17, 15) is 34.8 Å². The normalized spacial score (nSPS) is 14.4. The third-order valence-corrected chi connectivity index (χ3v) is 1.50. The second-order valence-electron chi connectivity index (χ2n) is 1.82. The van der Waals surface area contributed by atoms with Crippen molar-refractivity contribution in [3.8, 4) is 0 Å². The molecule has 0 aromatic heterocycles. The Hall–Kier alpha value is -0.550. The molecule has 0 aliphatic heterocycles. The van der Waals surface area contributed by atoms with E-state index in [2.05, 4.69) is 9.22 Å². The van der Waals surface area contributed by atoms with Crippen LogP contribution < -0.4 is 0 Å². The SMILES string of the molecule is O=S(=O)(OOC(F)(F)CF)C(F)(F)F. The first-order valence-corrected chi connectivity index (χ1v) is 4.05. The molecule has 0 aromatic rings. The summed E-state index contributed by atoms with van der Waals surface area (Å²) in [6.07, 6.45) is -4.75. The van der Waals surface area contributed by atoms with Crippen molar-refractivity contribution in [2.24, 2.45) is 0 Å². The Bertz CT molecular complexity index is 280. The quantitative estimate of drug-likeness (QED) is 0.326. The van der Waals surface area contributed by atoms with Crippen molar-refractivity contribution >= 4 is 10.1 Å². The van der Waals surface area contributed by atoms with Crippen LogP contribution in [0.1, 0.15) is 0 Å². The Labute approximate surface area is 73.5 Å². The largest absolute Gasteiger partial charge is 0.525 e. The topological polar surface area (TPSA) is 52.6 Å². The van der Waals surface area contributed by atoms with E-state index in [4.69, 9.17) is 0 Å². The van der Waals surface area contributed by atoms with Crippen LogP contribution in [0.15, 0.2) is 0 Å². The van der Waals surface area contributed by atoms with Gasteiger partial charge in [0.15, 0.2) is 6.67 Å². The molecule has 0 saturated carbocycles. The average molecular weight is 248 g/mol. The van der Waals surface area contributed by atoms with E-state index in [0.717, 1.165) is 0 Å². The van der Waals surface area contributed by atoms with E-state index < -0.39 is 28.4 Å². The second-order valence-corrected chi connectivity index (χ2v) is 3.33. The van der Waals surface area contributed by atoms with Crippen LogP contribution in [-0.4, -0.2) is 26.7 Å². The number of alkyl halides is 6. The molecule has 0 radical (unpaired) electrons. The third-order valence-electron chi connectivity index (χ3n) is 0.685. The molecule has 4 nitrogen and oxygen atoms in total. The predicted octanol–water partition coefficient (Wildman–Crippen LogP) is 1.35. The van der Waals surface area contributed by atoms with E-state index in [0.29, 0.717) is 0 Å². The molecular formula is C3H2F6O4S. The zero-order chi connectivity index (χ0) is 11.6. The van der Waals surface area contributed by atoms with Gasteiger partial charge in [-0.05, 0) is 0 Å². The van der Waals surface area contributed by atoms with E-state index >= 15 is 0 Å². The summed E-state index contributed by atoms with van der Waals surface area (Å²) >= 11 is 0. The van der Waals surface area contributed by atoms with E-state index in [1.165, 1.54) is 0 Å². The summed E-state index contributed by atoms with van der Waals surface area (Å²) in [4.78, 5) is 2.45. The molecule has 14 heavy (non-hydrogen) atoms. The lowest BCUT2D eigenvalue weighted by molar-refractivity contribution is -0.394. The molecule has 11 heteroatoms. The molecule has 0 aliphatic rings. The van der Waals surface area contributed by atoms with Gasteiger partial charge in [-0.3, -0.25) is 0 Å². The Kier molecular flexibility index (Phi) is 3.75. The smallest absolute Gasteiger partial charge is 0.241 e. The maximum absolute atomic E-state index is 11.7. The highest BCUT2D eigenvalue weighted by Crippen LogP contribution is 2.27. The Morgan fingerprint density at radius 1 is 1.07 bits per heavy atom. The van der Waals surface area contributed by atoms with E-state index in [-0.39, 0.29) is 0 Å². The Morgan fingerprint density at radius 2 is 1.50 bits per heavy atom. The number of hydrogen-bond donors (Lipinski definition) is 0. The van der Waals surface area contributed by atoms with Crippen molar-refractivity contribution < 1.29 is 44.0 Å². The van der Waals surface area contributed by atoms with Crippen LogP contribution in [0.3, 0.4) is 0 Å². The summed E-state index contributed by atoms with van der Waals surface area (Å²) in [5.41, 5.74) is -5.92. The average Bonchev–Trinajstić information content (AvgIpc) is 1.99. The van der Waals surface area contributed by atoms with Crippen molar-refractivity contribution in [3.05, 3.63) is 0 Å². The van der Waals surface area contributed by atoms with Gasteiger partial charge in [-0.2, -0.15) is 30.4 Å². The second kappa shape index (κ2) is 3.90. The first-order valence-electron chi connectivity index (χ1n) is 2.64. The minimum atomic E-state index is -6.31. The lowest BCUT2D eigenvalue weighted by Crippen LogP contribution is -2.31. The van der Waals surface area contributed by atoms with Crippen molar-refractivity contribution in [3.63, 3.8) is 0 Å². The maximum Gasteiger partial charge on any atom is 0.525 e. The van der Waals surface area contributed by atoms with E-state index in [1.807, 2.05) is 0 Å². The molecule has 0 saturated heterocycles. The Balaban J connectivity index is 4.43. The van der Waals surface area contributed by atoms with Crippen LogP contribution in [0.5, 0.6) is 0 Å². The number of halogens is 6. The molecule has 0 unspecified atom stereocenters. The minimum absolute atomic E-state index is 2.41. The van der Waals surface area contributed by atoms with Gasteiger partial charge < -0.3 is 0 Å². The van der Waals surface area contributed by atoms with Gasteiger partial charge >= 0.3 is 21.7 Å². The maximum atomic E-state index is 11.7. The van der Waals surface area contributed by atoms with Crippen LogP contribution in [0.25, 0.3) is 0 Å². The molecule has 0 N–H and O–H groups in total. The fourth-order valence-electron chi connectivity index (χ4n) is 0.155. The molecule has 0 aromatic carbocycles.